The van der Waals surface area contributed by atoms with Crippen LogP contribution in [-0.4, -0.2) is 94.1 Å². The van der Waals surface area contributed by atoms with E-state index in [1.807, 2.05) is 32.9 Å². The van der Waals surface area contributed by atoms with Crippen LogP contribution < -0.4 is 25.8 Å². The maximum absolute atomic E-state index is 11.3. The fraction of sp³-hybridized carbons (Fsp3) is 0.275. The minimum Gasteiger partial charge on any atom is -0.504 e. The van der Waals surface area contributed by atoms with Crippen molar-refractivity contribution in [2.75, 3.05) is 51.5 Å². The number of aromatic hydroxyl groups is 2. The molecule has 0 atom stereocenters. The Bertz CT molecular complexity index is 2170. The van der Waals surface area contributed by atoms with Gasteiger partial charge < -0.3 is 46.0 Å². The number of phenolic OH excluding ortho intramolecular Hbond substituents is 2. The third-order valence-corrected chi connectivity index (χ3v) is 8.30. The zero-order valence-corrected chi connectivity index (χ0v) is 34.3. The summed E-state index contributed by atoms with van der Waals surface area (Å²) in [6.07, 6.45) is 3.98. The minimum absolute atomic E-state index is 0. The summed E-state index contributed by atoms with van der Waals surface area (Å²) in [4.78, 5) is 45.6. The predicted molar refractivity (Wildman–Crippen MR) is 214 cm³/mol. The van der Waals surface area contributed by atoms with Gasteiger partial charge in [-0.3, -0.25) is 29.3 Å². The Kier molecular flexibility index (Phi) is 22.7. The number of carboxylic acids is 1. The number of pyridine rings is 2. The van der Waals surface area contributed by atoms with E-state index in [2.05, 4.69) is 32.1 Å². The van der Waals surface area contributed by atoms with Crippen molar-refractivity contribution in [2.24, 2.45) is 5.73 Å². The quantitative estimate of drug-likeness (QED) is 0.0199. The van der Waals surface area contributed by atoms with Crippen LogP contribution in [0.2, 0.25) is 0 Å². The van der Waals surface area contributed by atoms with Crippen molar-refractivity contribution in [1.82, 2.24) is 14.9 Å². The average Bonchev–Trinajstić information content (AvgIpc) is 3.40. The summed E-state index contributed by atoms with van der Waals surface area (Å²) in [7, 11) is 4.57. The third-order valence-electron chi connectivity index (χ3n) is 8.30. The molecule has 0 fully saturated rings. The zero-order valence-electron chi connectivity index (χ0n) is 32.9. The molecular weight excluding hydrogens is 804 g/mol. The van der Waals surface area contributed by atoms with E-state index in [1.165, 1.54) is 14.2 Å². The van der Waals surface area contributed by atoms with E-state index in [4.69, 9.17) is 25.6 Å². The van der Waals surface area contributed by atoms with Crippen molar-refractivity contribution in [2.45, 2.75) is 33.6 Å². The van der Waals surface area contributed by atoms with Gasteiger partial charge in [-0.15, -0.1) is 0 Å². The summed E-state index contributed by atoms with van der Waals surface area (Å²) in [6, 6.07) is 14.1. The zero-order chi connectivity index (χ0) is 41.5. The number of carbonyl (C=O) groups is 3. The van der Waals surface area contributed by atoms with Crippen LogP contribution in [0, 0.1) is 89.3 Å². The standard InChI is InChI=1S/C14H19N3O2.C13H16N2O2.C9H7NO2.C4H6O4.2Ar/c1-9-4-7-17-13-10(16-6-3-5-15)8-11(19-2)14(18)12(9)13;1-4-14-9-7-10(17-3)13(16)11-8(2)5-6-15-12(9)11;1-10-8(11)6-4-2-3-5-7(6)9(10)12;1-3(8-7)2-4(5)6;;/h4,7-8,16,18H,3,5-6,15H2,1-2H3;5-7,14,16H,4H2,1-3H3;2-5H,1H3;7H,1-2H2,(H,5,6);;. The van der Waals surface area contributed by atoms with Crippen LogP contribution in [0.4, 0.5) is 11.4 Å². The number of amides is 2. The van der Waals surface area contributed by atoms with E-state index in [0.717, 1.165) is 68.7 Å². The number of phenols is 2. The summed E-state index contributed by atoms with van der Waals surface area (Å²) in [5, 5.41) is 44.0. The van der Waals surface area contributed by atoms with E-state index in [0.29, 0.717) is 29.2 Å². The first-order valence-corrected chi connectivity index (χ1v) is 17.4. The van der Waals surface area contributed by atoms with Gasteiger partial charge in [0, 0.05) is 120 Å². The van der Waals surface area contributed by atoms with Crippen LogP contribution in [0.15, 0.2) is 73.3 Å². The molecule has 58 heavy (non-hydrogen) atoms. The summed E-state index contributed by atoms with van der Waals surface area (Å²) >= 11 is 0. The summed E-state index contributed by atoms with van der Waals surface area (Å²) in [5.74, 6) is -0.488. The second kappa shape index (κ2) is 25.4. The fourth-order valence-electron chi connectivity index (χ4n) is 5.51. The van der Waals surface area contributed by atoms with Crippen molar-refractivity contribution in [3.05, 3.63) is 95.5 Å². The van der Waals surface area contributed by atoms with E-state index in [-0.39, 0.29) is 111 Å². The molecule has 16 nitrogen and oxygen atoms in total. The van der Waals surface area contributed by atoms with E-state index >= 15 is 0 Å². The van der Waals surface area contributed by atoms with Gasteiger partial charge in [0.1, 0.15) is 12.2 Å². The molecule has 2 aromatic heterocycles. The van der Waals surface area contributed by atoms with Crippen LogP contribution in [0.1, 0.15) is 51.6 Å². The normalized spacial score (nSPS) is 10.9. The molecule has 6 rings (SSSR count). The van der Waals surface area contributed by atoms with Crippen molar-refractivity contribution in [3.63, 3.8) is 0 Å². The number of aryl methyl sites for hydroxylation is 2. The van der Waals surface area contributed by atoms with Gasteiger partial charge in [-0.1, -0.05) is 18.7 Å². The number of nitrogens with zero attached hydrogens (tertiary/aromatic N) is 3. The number of nitrogens with one attached hydrogen (secondary N) is 2. The third kappa shape index (κ3) is 13.2. The van der Waals surface area contributed by atoms with E-state index in [9.17, 15) is 24.6 Å². The Morgan fingerprint density at radius 3 is 1.66 bits per heavy atom. The molecule has 8 N–H and O–H groups in total. The second-order valence-corrected chi connectivity index (χ2v) is 12.2. The Balaban J connectivity index is 0.000000399. The van der Waals surface area contributed by atoms with E-state index < -0.39 is 5.97 Å². The monoisotopic (exact) mass is 852 g/mol. The number of aromatic nitrogens is 2. The first-order chi connectivity index (χ1) is 26.7. The summed E-state index contributed by atoms with van der Waals surface area (Å²) in [6.45, 7) is 11.1. The molecule has 18 heteroatoms. The van der Waals surface area contributed by atoms with Gasteiger partial charge in [-0.05, 0) is 69.1 Å². The van der Waals surface area contributed by atoms with Crippen LogP contribution in [0.5, 0.6) is 23.0 Å². The number of imide groups is 1. The number of methoxy groups -OCH3 is 2. The number of aliphatic carboxylic acids is 1. The molecule has 314 valence electrons. The number of carbonyl (C=O) groups excluding carboxylic acids is 2. The smallest absolute Gasteiger partial charge is 0.311 e. The number of hydrogen-bond acceptors (Lipinski definition) is 14. The molecule has 1 aliphatic heterocycles. The number of carboxylic acid groups (broad SMARTS) is 1. The fourth-order valence-corrected chi connectivity index (χ4v) is 5.51. The number of hydrogen-bond donors (Lipinski definition) is 7. The topological polar surface area (TPSA) is 239 Å². The summed E-state index contributed by atoms with van der Waals surface area (Å²) in [5.41, 5.74) is 11.7. The minimum atomic E-state index is -1.08. The molecule has 5 aromatic rings. The van der Waals surface area contributed by atoms with Crippen LogP contribution in [0.3, 0.4) is 0 Å². The SMILES string of the molecule is C=C(CC(=O)O)OO.CCNc1cc(OC)c(O)c2c(C)ccnc12.CN1C(=O)c2ccccc2C1=O.COc1cc(NCCCN)c2nccc(C)c2c1O.[Ar].[Ar]. The maximum atomic E-state index is 11.3. The molecule has 0 bridgehead atoms. The number of nitrogens with two attached hydrogens (primary N) is 1. The Morgan fingerprint density at radius 2 is 1.29 bits per heavy atom. The number of ether oxygens (including phenoxy) is 2. The van der Waals surface area contributed by atoms with Gasteiger partial charge in [0.25, 0.3) is 11.8 Å². The van der Waals surface area contributed by atoms with Crippen LogP contribution in [0.25, 0.3) is 21.8 Å². The predicted octanol–water partition coefficient (Wildman–Crippen LogP) is 6.08. The first-order valence-electron chi connectivity index (χ1n) is 17.4. The molecule has 0 aliphatic carbocycles. The van der Waals surface area contributed by atoms with Gasteiger partial charge in [0.05, 0.1) is 58.5 Å². The number of rotatable bonds is 11. The van der Waals surface area contributed by atoms with Gasteiger partial charge in [0.2, 0.25) is 0 Å². The molecule has 0 unspecified atom stereocenters. The van der Waals surface area contributed by atoms with Crippen molar-refractivity contribution in [3.8, 4) is 23.0 Å². The van der Waals surface area contributed by atoms with E-state index in [1.54, 1.807) is 55.9 Å². The molecule has 0 saturated heterocycles. The van der Waals surface area contributed by atoms with Gasteiger partial charge in [0.15, 0.2) is 23.0 Å². The Morgan fingerprint density at radius 1 is 0.845 bits per heavy atom. The molecule has 2 amide bonds. The first kappa shape index (κ1) is 51.9. The molecular formula is C40H48Ar2N6O10. The molecule has 1 aliphatic rings. The molecule has 0 saturated carbocycles. The average molecular weight is 853 g/mol. The van der Waals surface area contributed by atoms with Crippen molar-refractivity contribution < 1.29 is 125 Å². The number of anilines is 2. The van der Waals surface area contributed by atoms with Crippen LogP contribution in [-0.2, 0) is 9.68 Å². The van der Waals surface area contributed by atoms with Crippen molar-refractivity contribution in [1.29, 1.82) is 0 Å². The van der Waals surface area contributed by atoms with Gasteiger partial charge in [-0.25, -0.2) is 5.26 Å². The maximum Gasteiger partial charge on any atom is 0.311 e. The summed E-state index contributed by atoms with van der Waals surface area (Å²) < 4.78 is 10.4. The van der Waals surface area contributed by atoms with Crippen LogP contribution >= 0.6 is 0 Å². The Labute approximate surface area is 396 Å². The second-order valence-electron chi connectivity index (χ2n) is 12.2. The molecule has 0 radical (unpaired) electrons. The molecule has 3 heterocycles. The van der Waals surface area contributed by atoms with Gasteiger partial charge in [-0.2, -0.15) is 0 Å². The van der Waals surface area contributed by atoms with Gasteiger partial charge >= 0.3 is 5.97 Å². The number of fused-ring (bicyclic) bond motifs is 3. The number of benzene rings is 3. The largest absolute Gasteiger partial charge is 0.504 e. The molecule has 3 aromatic carbocycles. The Hall–Kier alpha value is -4.13. The molecule has 0 spiro atoms. The van der Waals surface area contributed by atoms with Crippen molar-refractivity contribution >= 4 is 51.0 Å².